The van der Waals surface area contributed by atoms with Crippen LogP contribution in [0, 0.1) is 5.92 Å². The molecule has 36 heavy (non-hydrogen) atoms. The van der Waals surface area contributed by atoms with Crippen molar-refractivity contribution in [1.82, 2.24) is 0 Å². The van der Waals surface area contributed by atoms with Crippen LogP contribution in [0.1, 0.15) is 36.5 Å². The van der Waals surface area contributed by atoms with Crippen LogP contribution < -0.4 is 23.7 Å². The highest BCUT2D eigenvalue weighted by Gasteiger charge is 2.46. The summed E-state index contributed by atoms with van der Waals surface area (Å²) in [5.74, 6) is 1.33. The Morgan fingerprint density at radius 2 is 1.42 bits per heavy atom. The third kappa shape index (κ3) is 4.53. The van der Waals surface area contributed by atoms with Gasteiger partial charge in [-0.3, -0.25) is 4.79 Å². The second kappa shape index (κ2) is 10.8. The topological polar surface area (TPSA) is 83.5 Å². The number of ether oxygens (including phenoxy) is 5. The van der Waals surface area contributed by atoms with Gasteiger partial charge in [0.2, 0.25) is 12.5 Å². The van der Waals surface area contributed by atoms with E-state index in [9.17, 15) is 9.90 Å². The highest BCUT2D eigenvalue weighted by molar-refractivity contribution is 5.75. The Balaban J connectivity index is 1.90. The molecular weight excluding hydrogens is 460 g/mol. The number of benzene rings is 3. The molecule has 0 aliphatic carbocycles. The second-order valence-corrected chi connectivity index (χ2v) is 8.77. The van der Waals surface area contributed by atoms with Crippen LogP contribution in [0.25, 0.3) is 0 Å². The average molecular weight is 493 g/mol. The van der Waals surface area contributed by atoms with Crippen LogP contribution in [0.5, 0.6) is 28.7 Å². The van der Waals surface area contributed by atoms with Crippen molar-refractivity contribution in [3.05, 3.63) is 77.4 Å². The van der Waals surface area contributed by atoms with Crippen molar-refractivity contribution in [2.75, 3.05) is 28.1 Å². The van der Waals surface area contributed by atoms with Gasteiger partial charge in [-0.1, -0.05) is 43.7 Å². The highest BCUT2D eigenvalue weighted by atomic mass is 16.7. The molecule has 0 amide bonds. The zero-order chi connectivity index (χ0) is 25.7. The van der Waals surface area contributed by atoms with Gasteiger partial charge in [-0.15, -0.1) is 0 Å². The Labute approximate surface area is 211 Å². The summed E-state index contributed by atoms with van der Waals surface area (Å²) < 4.78 is 27.6. The molecule has 1 N–H and O–H groups in total. The molecule has 7 heteroatoms. The molecule has 0 saturated heterocycles. The average Bonchev–Trinajstić information content (AvgIpc) is 3.41. The predicted molar refractivity (Wildman–Crippen MR) is 136 cm³/mol. The number of carboxylic acid groups (broad SMARTS) is 1. The summed E-state index contributed by atoms with van der Waals surface area (Å²) in [5, 5.41) is 10.7. The summed E-state index contributed by atoms with van der Waals surface area (Å²) in [7, 11) is 4.80. The SMILES string of the molecule is CCCC(c1ccc(OC)cc1)(c1ccc(OC)cc1)C(Cc1ccc(OC)c2c1OCO2)C(=O)O. The first kappa shape index (κ1) is 25.2. The Bertz CT molecular complexity index is 1140. The van der Waals surface area contributed by atoms with Crippen LogP contribution in [-0.2, 0) is 16.6 Å². The summed E-state index contributed by atoms with van der Waals surface area (Å²) in [6, 6.07) is 19.0. The zero-order valence-corrected chi connectivity index (χ0v) is 21.1. The summed E-state index contributed by atoms with van der Waals surface area (Å²) >= 11 is 0. The lowest BCUT2D eigenvalue weighted by molar-refractivity contribution is -0.144. The van der Waals surface area contributed by atoms with Gasteiger partial charge >= 0.3 is 5.97 Å². The largest absolute Gasteiger partial charge is 0.497 e. The van der Waals surface area contributed by atoms with Gasteiger partial charge < -0.3 is 28.8 Å². The van der Waals surface area contributed by atoms with Gasteiger partial charge in [-0.25, -0.2) is 0 Å². The summed E-state index contributed by atoms with van der Waals surface area (Å²) in [6.07, 6.45) is 1.64. The molecule has 1 aliphatic rings. The molecule has 1 unspecified atom stereocenters. The van der Waals surface area contributed by atoms with E-state index in [0.717, 1.165) is 23.1 Å². The van der Waals surface area contributed by atoms with Crippen molar-refractivity contribution in [2.45, 2.75) is 31.6 Å². The molecule has 0 fully saturated rings. The van der Waals surface area contributed by atoms with E-state index in [2.05, 4.69) is 6.92 Å². The van der Waals surface area contributed by atoms with Gasteiger partial charge in [-0.05, 0) is 59.9 Å². The quantitative estimate of drug-likeness (QED) is 0.380. The molecule has 1 heterocycles. The number of carboxylic acids is 1. The maximum Gasteiger partial charge on any atom is 0.308 e. The third-order valence-corrected chi connectivity index (χ3v) is 6.96. The van der Waals surface area contributed by atoms with Crippen molar-refractivity contribution in [1.29, 1.82) is 0 Å². The standard InChI is InChI=1S/C29H32O7/c1-5-16-29(20-7-11-22(32-2)12-8-20,21-9-13-23(33-3)14-10-21)24(28(30)31)17-19-6-15-25(34-4)27-26(19)35-18-36-27/h6-15,24H,5,16-18H2,1-4H3,(H,30,31). The molecular formula is C29H32O7. The fourth-order valence-corrected chi connectivity index (χ4v) is 5.24. The third-order valence-electron chi connectivity index (χ3n) is 6.96. The van der Waals surface area contributed by atoms with Crippen LogP contribution >= 0.6 is 0 Å². The van der Waals surface area contributed by atoms with Crippen molar-refractivity contribution in [3.8, 4) is 28.7 Å². The molecule has 1 atom stereocenters. The Morgan fingerprint density at radius 3 is 1.89 bits per heavy atom. The van der Waals surface area contributed by atoms with Crippen molar-refractivity contribution >= 4 is 5.97 Å². The van der Waals surface area contributed by atoms with E-state index in [1.54, 1.807) is 27.4 Å². The van der Waals surface area contributed by atoms with Crippen molar-refractivity contribution in [2.24, 2.45) is 5.92 Å². The Hall–Kier alpha value is -3.87. The minimum Gasteiger partial charge on any atom is -0.497 e. The summed E-state index contributed by atoms with van der Waals surface area (Å²) in [5.41, 5.74) is 1.75. The van der Waals surface area contributed by atoms with Crippen LogP contribution in [0.15, 0.2) is 60.7 Å². The predicted octanol–water partition coefficient (Wildman–Crippen LogP) is 5.47. The smallest absolute Gasteiger partial charge is 0.308 e. The lowest BCUT2D eigenvalue weighted by Gasteiger charge is -2.40. The van der Waals surface area contributed by atoms with E-state index in [-0.39, 0.29) is 13.2 Å². The Morgan fingerprint density at radius 1 is 0.861 bits per heavy atom. The van der Waals surface area contributed by atoms with Crippen LogP contribution in [0.4, 0.5) is 0 Å². The minimum atomic E-state index is -0.890. The number of methoxy groups -OCH3 is 3. The first-order chi connectivity index (χ1) is 17.5. The fourth-order valence-electron chi connectivity index (χ4n) is 5.24. The number of fused-ring (bicyclic) bond motifs is 1. The lowest BCUT2D eigenvalue weighted by atomic mass is 9.61. The van der Waals surface area contributed by atoms with Crippen LogP contribution in [0.3, 0.4) is 0 Å². The van der Waals surface area contributed by atoms with E-state index in [1.165, 1.54) is 0 Å². The number of rotatable bonds is 11. The Kier molecular flexibility index (Phi) is 7.58. The van der Waals surface area contributed by atoms with Gasteiger partial charge in [0.05, 0.1) is 27.2 Å². The second-order valence-electron chi connectivity index (χ2n) is 8.77. The van der Waals surface area contributed by atoms with Gasteiger partial charge in [0.1, 0.15) is 11.5 Å². The maximum absolute atomic E-state index is 13.1. The summed E-state index contributed by atoms with van der Waals surface area (Å²) in [6.45, 7) is 2.14. The molecule has 190 valence electrons. The molecule has 0 spiro atoms. The number of carbonyl (C=O) groups is 1. The van der Waals surface area contributed by atoms with Crippen LogP contribution in [0.2, 0.25) is 0 Å². The van der Waals surface area contributed by atoms with E-state index in [1.807, 2.05) is 54.6 Å². The highest BCUT2D eigenvalue weighted by Crippen LogP contribution is 2.49. The van der Waals surface area contributed by atoms with Crippen LogP contribution in [-0.4, -0.2) is 39.2 Å². The van der Waals surface area contributed by atoms with Gasteiger partial charge in [0.25, 0.3) is 0 Å². The number of hydrogen-bond donors (Lipinski definition) is 1. The van der Waals surface area contributed by atoms with Crippen molar-refractivity contribution < 1.29 is 33.6 Å². The van der Waals surface area contributed by atoms with E-state index in [0.29, 0.717) is 35.2 Å². The molecule has 0 radical (unpaired) electrons. The normalized spacial score (nSPS) is 13.2. The molecule has 7 nitrogen and oxygen atoms in total. The molecule has 1 aliphatic heterocycles. The molecule has 3 aromatic carbocycles. The van der Waals surface area contributed by atoms with E-state index < -0.39 is 17.3 Å². The van der Waals surface area contributed by atoms with E-state index >= 15 is 0 Å². The number of hydrogen-bond acceptors (Lipinski definition) is 6. The van der Waals surface area contributed by atoms with Crippen molar-refractivity contribution in [3.63, 3.8) is 0 Å². The molecule has 3 aromatic rings. The zero-order valence-electron chi connectivity index (χ0n) is 21.1. The molecule has 0 bridgehead atoms. The lowest BCUT2D eigenvalue weighted by Crippen LogP contribution is -2.42. The monoisotopic (exact) mass is 492 g/mol. The minimum absolute atomic E-state index is 0.0670. The fraction of sp³-hybridized carbons (Fsp3) is 0.345. The van der Waals surface area contributed by atoms with Gasteiger partial charge in [-0.2, -0.15) is 0 Å². The van der Waals surface area contributed by atoms with E-state index in [4.69, 9.17) is 23.7 Å². The molecule has 0 saturated carbocycles. The van der Waals surface area contributed by atoms with Gasteiger partial charge in [0.15, 0.2) is 11.5 Å². The number of aliphatic carboxylic acids is 1. The molecule has 0 aromatic heterocycles. The summed E-state index contributed by atoms with van der Waals surface area (Å²) in [4.78, 5) is 13.1. The maximum atomic E-state index is 13.1. The first-order valence-electron chi connectivity index (χ1n) is 12.0. The molecule has 4 rings (SSSR count). The van der Waals surface area contributed by atoms with Gasteiger partial charge in [0, 0.05) is 5.41 Å². The first-order valence-corrected chi connectivity index (χ1v) is 12.0.